The number of aliphatic carboxylic acids is 1. The van der Waals surface area contributed by atoms with E-state index in [1.165, 1.54) is 0 Å². The third kappa shape index (κ3) is 2.91. The van der Waals surface area contributed by atoms with Crippen LogP contribution in [0.15, 0.2) is 0 Å². The zero-order valence-electron chi connectivity index (χ0n) is 9.31. The fourth-order valence-corrected chi connectivity index (χ4v) is 1.29. The molecule has 0 aliphatic carbocycles. The molecular weight excluding hydrogens is 374 g/mol. The van der Waals surface area contributed by atoms with Gasteiger partial charge in [0.1, 0.15) is 0 Å². The van der Waals surface area contributed by atoms with Crippen LogP contribution in [-0.2, 0) is 14.2 Å². The first kappa shape index (κ1) is 21.0. The normalized spacial score (nSPS) is 17.2. The van der Waals surface area contributed by atoms with Crippen molar-refractivity contribution in [3.63, 3.8) is 0 Å². The molecule has 0 rings (SSSR count). The zero-order valence-corrected chi connectivity index (χ0v) is 10.1. The van der Waals surface area contributed by atoms with Gasteiger partial charge in [-0.2, -0.15) is 39.5 Å². The standard InChI is InChI=1S/C6H2F10O5S/c7-2(1(17)18,22-21-20-19)3(8,9)4(10,11)5(12,13)6(14,15)16/h19H,(H,17,18). The number of hydrogen-bond acceptors (Lipinski definition) is 5. The van der Waals surface area contributed by atoms with Gasteiger partial charge in [-0.3, -0.25) is 0 Å². The van der Waals surface area contributed by atoms with Gasteiger partial charge in [0.25, 0.3) is 0 Å². The van der Waals surface area contributed by atoms with E-state index in [0.29, 0.717) is 0 Å². The summed E-state index contributed by atoms with van der Waals surface area (Å²) in [6.07, 6.45) is -7.27. The first-order valence-corrected chi connectivity index (χ1v) is 5.03. The summed E-state index contributed by atoms with van der Waals surface area (Å²) in [4.78, 5) is 10.2. The maximum Gasteiger partial charge on any atom is 0.460 e. The molecule has 0 bridgehead atoms. The Morgan fingerprint density at radius 3 is 1.50 bits per heavy atom. The average Bonchev–Trinajstić information content (AvgIpc) is 2.33. The predicted molar refractivity (Wildman–Crippen MR) is 44.8 cm³/mol. The second-order valence-electron chi connectivity index (χ2n) is 3.35. The van der Waals surface area contributed by atoms with Crippen molar-refractivity contribution in [1.82, 2.24) is 0 Å². The molecule has 0 radical (unpaired) electrons. The Hall–Kier alpha value is -1.00. The van der Waals surface area contributed by atoms with E-state index in [1.54, 1.807) is 0 Å². The summed E-state index contributed by atoms with van der Waals surface area (Å²) in [6.45, 7) is 0. The van der Waals surface area contributed by atoms with Crippen molar-refractivity contribution < 1.29 is 68.4 Å². The van der Waals surface area contributed by atoms with Gasteiger partial charge in [0.05, 0.1) is 12.0 Å². The second-order valence-corrected chi connectivity index (χ2v) is 4.21. The van der Waals surface area contributed by atoms with Crippen LogP contribution in [0.4, 0.5) is 43.9 Å². The third-order valence-corrected chi connectivity index (χ3v) is 2.79. The average molecular weight is 376 g/mol. The fourth-order valence-electron chi connectivity index (χ4n) is 0.861. The van der Waals surface area contributed by atoms with Gasteiger partial charge in [0, 0.05) is 0 Å². The van der Waals surface area contributed by atoms with Crippen LogP contribution in [0, 0.1) is 0 Å². The molecule has 0 aromatic rings. The van der Waals surface area contributed by atoms with Gasteiger partial charge in [0.15, 0.2) is 0 Å². The summed E-state index contributed by atoms with van der Waals surface area (Å²) in [5.41, 5.74) is 0. The topological polar surface area (TPSA) is 76.0 Å². The van der Waals surface area contributed by atoms with Gasteiger partial charge >= 0.3 is 34.9 Å². The highest BCUT2D eigenvalue weighted by Gasteiger charge is 2.88. The van der Waals surface area contributed by atoms with E-state index in [1.807, 2.05) is 0 Å². The molecule has 0 fully saturated rings. The van der Waals surface area contributed by atoms with Crippen molar-refractivity contribution in [3.8, 4) is 0 Å². The van der Waals surface area contributed by atoms with E-state index >= 15 is 0 Å². The van der Waals surface area contributed by atoms with Crippen LogP contribution < -0.4 is 0 Å². The lowest BCUT2D eigenvalue weighted by molar-refractivity contribution is -0.435. The van der Waals surface area contributed by atoms with E-state index in [9.17, 15) is 48.7 Å². The summed E-state index contributed by atoms with van der Waals surface area (Å²) >= 11 is -1.98. The van der Waals surface area contributed by atoms with Gasteiger partial charge in [-0.15, -0.1) is 4.33 Å². The molecule has 132 valence electrons. The van der Waals surface area contributed by atoms with Crippen molar-refractivity contribution in [2.75, 3.05) is 0 Å². The highest BCUT2D eigenvalue weighted by Crippen LogP contribution is 2.59. The molecule has 16 heteroatoms. The molecule has 0 amide bonds. The third-order valence-electron chi connectivity index (χ3n) is 2.00. The van der Waals surface area contributed by atoms with Crippen LogP contribution in [0.2, 0.25) is 0 Å². The highest BCUT2D eigenvalue weighted by atomic mass is 32.2. The number of carboxylic acids is 1. The number of hydrogen-bond donors (Lipinski definition) is 2. The van der Waals surface area contributed by atoms with Crippen LogP contribution in [0.1, 0.15) is 0 Å². The molecule has 0 aliphatic rings. The van der Waals surface area contributed by atoms with E-state index in [4.69, 9.17) is 10.4 Å². The lowest BCUT2D eigenvalue weighted by Crippen LogP contribution is -2.68. The Kier molecular flexibility index (Phi) is 5.63. The Balaban J connectivity index is 6.10. The highest BCUT2D eigenvalue weighted by molar-refractivity contribution is 7.96. The minimum Gasteiger partial charge on any atom is -0.478 e. The Morgan fingerprint density at radius 1 is 0.818 bits per heavy atom. The van der Waals surface area contributed by atoms with E-state index in [-0.39, 0.29) is 0 Å². The number of carboxylic acid groups (broad SMARTS) is 1. The van der Waals surface area contributed by atoms with Crippen LogP contribution in [-0.4, -0.2) is 45.3 Å². The van der Waals surface area contributed by atoms with Gasteiger partial charge in [0.2, 0.25) is 0 Å². The van der Waals surface area contributed by atoms with Crippen molar-refractivity contribution >= 4 is 18.0 Å². The molecular formula is C6H2F10O5S. The maximum absolute atomic E-state index is 13.4. The quantitative estimate of drug-likeness (QED) is 0.308. The predicted octanol–water partition coefficient (Wildman–Crippen LogP) is 3.27. The van der Waals surface area contributed by atoms with Crippen molar-refractivity contribution in [2.24, 2.45) is 0 Å². The molecule has 0 aliphatic heterocycles. The SMILES string of the molecule is O=C(O)C(F)(SOOO)C(F)(F)C(F)(F)C(F)(F)C(F)(F)F. The van der Waals surface area contributed by atoms with Gasteiger partial charge < -0.3 is 5.11 Å². The Bertz CT molecular complexity index is 425. The second kappa shape index (κ2) is 5.89. The molecule has 0 saturated heterocycles. The molecule has 22 heavy (non-hydrogen) atoms. The van der Waals surface area contributed by atoms with Crippen LogP contribution in [0.5, 0.6) is 0 Å². The summed E-state index contributed by atoms with van der Waals surface area (Å²) in [5, 5.41) is 12.1. The van der Waals surface area contributed by atoms with E-state index < -0.39 is 47.0 Å². The summed E-state index contributed by atoms with van der Waals surface area (Å²) in [7, 11) is 0. The largest absolute Gasteiger partial charge is 0.478 e. The monoisotopic (exact) mass is 376 g/mol. The number of rotatable bonds is 7. The Morgan fingerprint density at radius 2 is 1.23 bits per heavy atom. The molecule has 0 spiro atoms. The summed E-state index contributed by atoms with van der Waals surface area (Å²) in [5.74, 6) is -25.8. The lowest BCUT2D eigenvalue weighted by atomic mass is 9.99. The van der Waals surface area contributed by atoms with Crippen molar-refractivity contribution in [2.45, 2.75) is 28.9 Å². The molecule has 0 heterocycles. The molecule has 5 nitrogen and oxygen atoms in total. The first-order valence-electron chi connectivity index (χ1n) is 4.29. The van der Waals surface area contributed by atoms with Crippen molar-refractivity contribution in [3.05, 3.63) is 0 Å². The van der Waals surface area contributed by atoms with Gasteiger partial charge in [-0.1, -0.05) is 5.04 Å². The zero-order chi connectivity index (χ0) is 18.2. The summed E-state index contributed by atoms with van der Waals surface area (Å²) in [6, 6.07) is 0. The molecule has 1 unspecified atom stereocenters. The number of carbonyl (C=O) groups is 1. The molecule has 2 N–H and O–H groups in total. The fraction of sp³-hybridized carbons (Fsp3) is 0.833. The number of halogens is 10. The molecule has 0 aromatic heterocycles. The summed E-state index contributed by atoms with van der Waals surface area (Å²) < 4.78 is 128. The van der Waals surface area contributed by atoms with Crippen LogP contribution in [0.3, 0.4) is 0 Å². The lowest BCUT2D eigenvalue weighted by Gasteiger charge is -2.37. The Labute approximate surface area is 116 Å². The van der Waals surface area contributed by atoms with Gasteiger partial charge in [-0.25, -0.2) is 14.4 Å². The minimum atomic E-state index is -7.54. The van der Waals surface area contributed by atoms with Gasteiger partial charge in [-0.05, 0) is 0 Å². The number of alkyl halides is 10. The minimum absolute atomic E-state index is 1.98. The van der Waals surface area contributed by atoms with Crippen LogP contribution >= 0.6 is 12.0 Å². The molecule has 0 aromatic carbocycles. The van der Waals surface area contributed by atoms with Crippen LogP contribution in [0.25, 0.3) is 0 Å². The maximum atomic E-state index is 13.4. The molecule has 1 atom stereocenters. The smallest absolute Gasteiger partial charge is 0.460 e. The van der Waals surface area contributed by atoms with E-state index in [2.05, 4.69) is 9.37 Å². The molecule has 0 saturated carbocycles. The van der Waals surface area contributed by atoms with Crippen molar-refractivity contribution in [1.29, 1.82) is 0 Å². The van der Waals surface area contributed by atoms with E-state index in [0.717, 1.165) is 0 Å². The first-order chi connectivity index (χ1) is 9.50.